The zero-order chi connectivity index (χ0) is 17.3. The predicted octanol–water partition coefficient (Wildman–Crippen LogP) is 2.86. The zero-order valence-corrected chi connectivity index (χ0v) is 13.8. The third-order valence-electron chi connectivity index (χ3n) is 3.92. The molecule has 2 aromatic carbocycles. The summed E-state index contributed by atoms with van der Waals surface area (Å²) in [5.74, 6) is -0.611. The number of anilines is 1. The molecule has 24 heavy (non-hydrogen) atoms. The fourth-order valence-electron chi connectivity index (χ4n) is 2.87. The summed E-state index contributed by atoms with van der Waals surface area (Å²) in [6.45, 7) is 0. The van der Waals surface area contributed by atoms with Crippen LogP contribution in [-0.2, 0) is 9.53 Å². The highest BCUT2D eigenvalue weighted by Crippen LogP contribution is 2.38. The van der Waals surface area contributed by atoms with Crippen molar-refractivity contribution in [3.8, 4) is 0 Å². The van der Waals surface area contributed by atoms with Crippen LogP contribution in [0.4, 0.5) is 5.69 Å². The first-order valence-electron chi connectivity index (χ1n) is 7.54. The van der Waals surface area contributed by atoms with E-state index in [1.165, 1.54) is 7.11 Å². The van der Waals surface area contributed by atoms with Gasteiger partial charge < -0.3 is 15.0 Å². The number of methoxy groups -OCH3 is 1. The second-order valence-corrected chi connectivity index (χ2v) is 5.69. The van der Waals surface area contributed by atoms with E-state index in [0.29, 0.717) is 16.8 Å². The van der Waals surface area contributed by atoms with Gasteiger partial charge in [-0.3, -0.25) is 4.79 Å². The molecule has 5 nitrogen and oxygen atoms in total. The number of rotatable bonds is 3. The zero-order valence-electron chi connectivity index (χ0n) is 13.8. The van der Waals surface area contributed by atoms with E-state index in [1.54, 1.807) is 18.2 Å². The Morgan fingerprint density at radius 1 is 1.04 bits per heavy atom. The van der Waals surface area contributed by atoms with Crippen molar-refractivity contribution < 1.29 is 14.3 Å². The van der Waals surface area contributed by atoms with E-state index < -0.39 is 5.97 Å². The second kappa shape index (κ2) is 6.20. The van der Waals surface area contributed by atoms with Gasteiger partial charge in [-0.1, -0.05) is 36.4 Å². The van der Waals surface area contributed by atoms with Gasteiger partial charge in [0.1, 0.15) is 0 Å². The highest BCUT2D eigenvalue weighted by molar-refractivity contribution is 6.36. The smallest absolute Gasteiger partial charge is 0.337 e. The monoisotopic (exact) mass is 322 g/mol. The standard InChI is InChI=1S/C19H18N2O3/c1-21(2)17(12-7-5-4-6-8-12)16-14-10-9-13(19(23)24-3)11-15(14)20-18(16)22/h4-11H,1-3H3,(H,20,22). The Bertz CT molecular complexity index is 839. The molecule has 0 bridgehead atoms. The molecule has 122 valence electrons. The number of esters is 1. The van der Waals surface area contributed by atoms with E-state index >= 15 is 0 Å². The Balaban J connectivity index is 2.19. The van der Waals surface area contributed by atoms with Gasteiger partial charge in [0.15, 0.2) is 0 Å². The maximum Gasteiger partial charge on any atom is 0.337 e. The molecule has 0 aliphatic carbocycles. The molecule has 0 spiro atoms. The van der Waals surface area contributed by atoms with Crippen LogP contribution in [0.25, 0.3) is 11.3 Å². The summed E-state index contributed by atoms with van der Waals surface area (Å²) in [6.07, 6.45) is 0. The van der Waals surface area contributed by atoms with Crippen molar-refractivity contribution in [2.45, 2.75) is 0 Å². The molecular formula is C19H18N2O3. The molecule has 1 N–H and O–H groups in total. The van der Waals surface area contributed by atoms with E-state index in [9.17, 15) is 9.59 Å². The van der Waals surface area contributed by atoms with Crippen molar-refractivity contribution in [1.82, 2.24) is 4.90 Å². The molecule has 0 radical (unpaired) electrons. The number of hydrogen-bond donors (Lipinski definition) is 1. The topological polar surface area (TPSA) is 58.6 Å². The van der Waals surface area contributed by atoms with Crippen LogP contribution in [0.15, 0.2) is 48.5 Å². The highest BCUT2D eigenvalue weighted by Gasteiger charge is 2.29. The molecule has 3 rings (SSSR count). The highest BCUT2D eigenvalue weighted by atomic mass is 16.5. The fraction of sp³-hybridized carbons (Fsp3) is 0.158. The maximum absolute atomic E-state index is 12.6. The van der Waals surface area contributed by atoms with Crippen LogP contribution in [0.3, 0.4) is 0 Å². The Hall–Kier alpha value is -3.08. The lowest BCUT2D eigenvalue weighted by Gasteiger charge is -2.20. The number of fused-ring (bicyclic) bond motifs is 1. The molecule has 0 saturated carbocycles. The molecule has 1 aliphatic heterocycles. The lowest BCUT2D eigenvalue weighted by molar-refractivity contribution is -0.110. The Morgan fingerprint density at radius 2 is 1.75 bits per heavy atom. The number of hydrogen-bond acceptors (Lipinski definition) is 4. The van der Waals surface area contributed by atoms with E-state index in [4.69, 9.17) is 4.74 Å². The van der Waals surface area contributed by atoms with Crippen molar-refractivity contribution in [3.05, 3.63) is 65.2 Å². The SMILES string of the molecule is COC(=O)c1ccc2c(c1)NC(=O)C2=C(c1ccccc1)N(C)C. The van der Waals surface area contributed by atoms with E-state index in [0.717, 1.165) is 16.8 Å². The van der Waals surface area contributed by atoms with Gasteiger partial charge in [-0.05, 0) is 17.7 Å². The number of benzene rings is 2. The number of nitrogens with one attached hydrogen (secondary N) is 1. The van der Waals surface area contributed by atoms with Gasteiger partial charge in [0.05, 0.1) is 29.6 Å². The fourth-order valence-corrected chi connectivity index (χ4v) is 2.87. The van der Waals surface area contributed by atoms with Gasteiger partial charge >= 0.3 is 5.97 Å². The number of carbonyl (C=O) groups is 2. The van der Waals surface area contributed by atoms with Gasteiger partial charge in [0.25, 0.3) is 5.91 Å². The number of amides is 1. The lowest BCUT2D eigenvalue weighted by atomic mass is 9.99. The lowest BCUT2D eigenvalue weighted by Crippen LogP contribution is -2.15. The van der Waals surface area contributed by atoms with Gasteiger partial charge in [-0.2, -0.15) is 0 Å². The second-order valence-electron chi connectivity index (χ2n) is 5.69. The minimum atomic E-state index is -0.430. The molecule has 0 aromatic heterocycles. The number of nitrogens with zero attached hydrogens (tertiary/aromatic N) is 1. The van der Waals surface area contributed by atoms with Crippen molar-refractivity contribution in [2.75, 3.05) is 26.5 Å². The third kappa shape index (κ3) is 2.65. The summed E-state index contributed by atoms with van der Waals surface area (Å²) in [5.41, 5.74) is 4.19. The van der Waals surface area contributed by atoms with Crippen LogP contribution in [0, 0.1) is 0 Å². The van der Waals surface area contributed by atoms with Crippen LogP contribution in [0.1, 0.15) is 21.5 Å². The molecule has 0 atom stereocenters. The first-order valence-corrected chi connectivity index (χ1v) is 7.54. The molecule has 1 heterocycles. The molecular weight excluding hydrogens is 304 g/mol. The third-order valence-corrected chi connectivity index (χ3v) is 3.92. The minimum absolute atomic E-state index is 0.181. The van der Waals surface area contributed by atoms with E-state index in [-0.39, 0.29) is 5.91 Å². The van der Waals surface area contributed by atoms with E-state index in [1.807, 2.05) is 49.3 Å². The van der Waals surface area contributed by atoms with Crippen molar-refractivity contribution in [1.29, 1.82) is 0 Å². The van der Waals surface area contributed by atoms with Crippen LogP contribution in [-0.4, -0.2) is 38.0 Å². The number of ether oxygens (including phenoxy) is 1. The number of carbonyl (C=O) groups excluding carboxylic acids is 2. The van der Waals surface area contributed by atoms with Crippen LogP contribution >= 0.6 is 0 Å². The van der Waals surface area contributed by atoms with Crippen LogP contribution in [0.2, 0.25) is 0 Å². The summed E-state index contributed by atoms with van der Waals surface area (Å²) < 4.78 is 4.73. The average Bonchev–Trinajstić information content (AvgIpc) is 2.90. The first-order chi connectivity index (χ1) is 11.5. The molecule has 0 saturated heterocycles. The summed E-state index contributed by atoms with van der Waals surface area (Å²) in [5, 5.41) is 2.84. The minimum Gasteiger partial charge on any atom is -0.465 e. The molecule has 0 fully saturated rings. The summed E-state index contributed by atoms with van der Waals surface area (Å²) in [4.78, 5) is 26.2. The molecule has 0 unspecified atom stereocenters. The van der Waals surface area contributed by atoms with Crippen molar-refractivity contribution >= 4 is 28.8 Å². The largest absolute Gasteiger partial charge is 0.465 e. The van der Waals surface area contributed by atoms with Crippen molar-refractivity contribution in [3.63, 3.8) is 0 Å². The van der Waals surface area contributed by atoms with Gasteiger partial charge in [-0.15, -0.1) is 0 Å². The normalized spacial score (nSPS) is 14.7. The van der Waals surface area contributed by atoms with Gasteiger partial charge in [-0.25, -0.2) is 4.79 Å². The average molecular weight is 322 g/mol. The van der Waals surface area contributed by atoms with Gasteiger partial charge in [0, 0.05) is 19.7 Å². The maximum atomic E-state index is 12.6. The van der Waals surface area contributed by atoms with Gasteiger partial charge in [0.2, 0.25) is 0 Å². The first kappa shape index (κ1) is 15.8. The Morgan fingerprint density at radius 3 is 2.38 bits per heavy atom. The summed E-state index contributed by atoms with van der Waals surface area (Å²) >= 11 is 0. The summed E-state index contributed by atoms with van der Waals surface area (Å²) in [7, 11) is 5.14. The quantitative estimate of drug-likeness (QED) is 0.697. The van der Waals surface area contributed by atoms with E-state index in [2.05, 4.69) is 5.32 Å². The van der Waals surface area contributed by atoms with Crippen LogP contribution < -0.4 is 5.32 Å². The molecule has 1 aliphatic rings. The van der Waals surface area contributed by atoms with Crippen LogP contribution in [0.5, 0.6) is 0 Å². The Kier molecular flexibility index (Phi) is 4.08. The molecule has 1 amide bonds. The van der Waals surface area contributed by atoms with Crippen molar-refractivity contribution in [2.24, 2.45) is 0 Å². The molecule has 5 heteroatoms. The summed E-state index contributed by atoms with van der Waals surface area (Å²) in [6, 6.07) is 14.8. The predicted molar refractivity (Wildman–Crippen MR) is 93.4 cm³/mol. The Labute approximate surface area is 140 Å². The molecule has 2 aromatic rings.